The van der Waals surface area contributed by atoms with Crippen molar-refractivity contribution in [2.45, 2.75) is 26.8 Å². The van der Waals surface area contributed by atoms with Gasteiger partial charge in [0.15, 0.2) is 5.76 Å². The third-order valence-electron chi connectivity index (χ3n) is 3.74. The summed E-state index contributed by atoms with van der Waals surface area (Å²) in [6, 6.07) is 5.04. The minimum Gasteiger partial charge on any atom is -0.459 e. The van der Waals surface area contributed by atoms with Crippen LogP contribution in [0.2, 0.25) is 0 Å². The minimum absolute atomic E-state index is 0.0861. The number of furan rings is 1. The number of amides is 2. The second-order valence-corrected chi connectivity index (χ2v) is 7.80. The normalized spacial score (nSPS) is 10.7. The fraction of sp³-hybridized carbons (Fsp3) is 0.278. The summed E-state index contributed by atoms with van der Waals surface area (Å²) in [7, 11) is 1.76. The van der Waals surface area contributed by atoms with Gasteiger partial charge in [-0.25, -0.2) is 4.98 Å². The highest BCUT2D eigenvalue weighted by Crippen LogP contribution is 2.28. The van der Waals surface area contributed by atoms with Gasteiger partial charge in [0.2, 0.25) is 0 Å². The van der Waals surface area contributed by atoms with Crippen LogP contribution in [-0.2, 0) is 13.0 Å². The molecule has 0 aliphatic carbocycles. The highest BCUT2D eigenvalue weighted by atomic mass is 32.1. The van der Waals surface area contributed by atoms with Crippen molar-refractivity contribution in [3.05, 3.63) is 56.7 Å². The van der Waals surface area contributed by atoms with Gasteiger partial charge in [0.05, 0.1) is 33.4 Å². The number of carbonyl (C=O) groups is 2. The quantitative estimate of drug-likeness (QED) is 0.686. The maximum Gasteiger partial charge on any atom is 0.291 e. The van der Waals surface area contributed by atoms with Gasteiger partial charge in [0.25, 0.3) is 11.8 Å². The lowest BCUT2D eigenvalue weighted by molar-refractivity contribution is 0.0787. The van der Waals surface area contributed by atoms with E-state index in [9.17, 15) is 9.59 Å². The summed E-state index contributed by atoms with van der Waals surface area (Å²) >= 11 is 2.87. The van der Waals surface area contributed by atoms with Crippen LogP contribution in [0.5, 0.6) is 0 Å². The molecule has 1 N–H and O–H groups in total. The molecule has 3 heterocycles. The van der Waals surface area contributed by atoms with Gasteiger partial charge in [-0.2, -0.15) is 0 Å². The fourth-order valence-corrected chi connectivity index (χ4v) is 4.21. The number of hydrogen-bond donors (Lipinski definition) is 1. The predicted molar refractivity (Wildman–Crippen MR) is 103 cm³/mol. The van der Waals surface area contributed by atoms with Crippen LogP contribution in [0, 0.1) is 6.92 Å². The van der Waals surface area contributed by atoms with E-state index in [4.69, 9.17) is 4.42 Å². The minimum atomic E-state index is -0.335. The van der Waals surface area contributed by atoms with Crippen molar-refractivity contribution in [1.82, 2.24) is 9.88 Å². The number of carbonyl (C=O) groups excluding carboxylic acids is 2. The van der Waals surface area contributed by atoms with E-state index in [1.807, 2.05) is 12.3 Å². The molecule has 0 aliphatic heterocycles. The lowest BCUT2D eigenvalue weighted by Crippen LogP contribution is -2.26. The Hall–Kier alpha value is -2.45. The number of thiazole rings is 1. The third kappa shape index (κ3) is 4.03. The molecule has 3 aromatic heterocycles. The molecular weight excluding hydrogens is 370 g/mol. The fourth-order valence-electron chi connectivity index (χ4n) is 2.41. The first-order valence-corrected chi connectivity index (χ1v) is 9.81. The topological polar surface area (TPSA) is 75.4 Å². The molecule has 0 radical (unpaired) electrons. The maximum atomic E-state index is 12.8. The molecule has 0 saturated carbocycles. The summed E-state index contributed by atoms with van der Waals surface area (Å²) in [6.07, 6.45) is 2.34. The van der Waals surface area contributed by atoms with E-state index >= 15 is 0 Å². The van der Waals surface area contributed by atoms with Crippen LogP contribution in [0.1, 0.15) is 43.4 Å². The van der Waals surface area contributed by atoms with E-state index in [0.717, 1.165) is 22.7 Å². The molecule has 0 atom stereocenters. The van der Waals surface area contributed by atoms with E-state index in [-0.39, 0.29) is 17.6 Å². The van der Waals surface area contributed by atoms with E-state index in [1.54, 1.807) is 41.5 Å². The molecule has 3 aromatic rings. The lowest BCUT2D eigenvalue weighted by Gasteiger charge is -2.15. The molecule has 136 valence electrons. The Bertz CT molecular complexity index is 912. The number of nitrogens with one attached hydrogen (secondary N) is 1. The molecule has 0 unspecified atom stereocenters. The number of nitrogens with zero attached hydrogens (tertiary/aromatic N) is 2. The van der Waals surface area contributed by atoms with Gasteiger partial charge in [0.1, 0.15) is 0 Å². The first kappa shape index (κ1) is 18.3. The monoisotopic (exact) mass is 389 g/mol. The number of aryl methyl sites for hydroxylation is 2. The Morgan fingerprint density at radius 3 is 2.85 bits per heavy atom. The van der Waals surface area contributed by atoms with Crippen molar-refractivity contribution in [3.63, 3.8) is 0 Å². The number of aromatic nitrogens is 1. The average molecular weight is 390 g/mol. The summed E-state index contributed by atoms with van der Waals surface area (Å²) in [6.45, 7) is 4.38. The highest BCUT2D eigenvalue weighted by molar-refractivity contribution is 7.18. The SMILES string of the molecule is CCc1nc(CN(C)C(=O)c2sc(NC(=O)c3ccco3)cc2C)cs1. The first-order valence-electron chi connectivity index (χ1n) is 8.12. The second-order valence-electron chi connectivity index (χ2n) is 5.80. The van der Waals surface area contributed by atoms with Gasteiger partial charge in [-0.1, -0.05) is 6.92 Å². The molecule has 26 heavy (non-hydrogen) atoms. The number of anilines is 1. The number of rotatable bonds is 6. The van der Waals surface area contributed by atoms with E-state index < -0.39 is 0 Å². The molecule has 0 fully saturated rings. The van der Waals surface area contributed by atoms with Gasteiger partial charge in [-0.3, -0.25) is 9.59 Å². The van der Waals surface area contributed by atoms with Crippen LogP contribution in [0.25, 0.3) is 0 Å². The van der Waals surface area contributed by atoms with Gasteiger partial charge in [0, 0.05) is 12.4 Å². The van der Waals surface area contributed by atoms with Crippen molar-refractivity contribution < 1.29 is 14.0 Å². The van der Waals surface area contributed by atoms with Crippen LogP contribution in [0.4, 0.5) is 5.00 Å². The van der Waals surface area contributed by atoms with Gasteiger partial charge in [-0.05, 0) is 37.1 Å². The van der Waals surface area contributed by atoms with E-state index in [1.165, 1.54) is 17.6 Å². The van der Waals surface area contributed by atoms with Crippen LogP contribution in [0.15, 0.2) is 34.3 Å². The van der Waals surface area contributed by atoms with Crippen molar-refractivity contribution in [2.75, 3.05) is 12.4 Å². The molecule has 2 amide bonds. The predicted octanol–water partition coefficient (Wildman–Crippen LogP) is 4.19. The average Bonchev–Trinajstić information content (AvgIpc) is 3.35. The second kappa shape index (κ2) is 7.84. The Balaban J connectivity index is 1.69. The molecular formula is C18H19N3O3S2. The largest absolute Gasteiger partial charge is 0.459 e. The summed E-state index contributed by atoms with van der Waals surface area (Å²) in [5, 5.41) is 6.43. The molecule has 0 spiro atoms. The first-order chi connectivity index (χ1) is 12.5. The number of thiophene rings is 1. The van der Waals surface area contributed by atoms with Crippen molar-refractivity contribution in [1.29, 1.82) is 0 Å². The highest BCUT2D eigenvalue weighted by Gasteiger charge is 2.20. The summed E-state index contributed by atoms with van der Waals surface area (Å²) < 4.78 is 5.08. The molecule has 3 rings (SSSR count). The Labute approximate surface area is 159 Å². The summed E-state index contributed by atoms with van der Waals surface area (Å²) in [5.74, 6) is -0.188. The summed E-state index contributed by atoms with van der Waals surface area (Å²) in [5.41, 5.74) is 1.72. The van der Waals surface area contributed by atoms with Crippen molar-refractivity contribution in [2.24, 2.45) is 0 Å². The Morgan fingerprint density at radius 2 is 2.19 bits per heavy atom. The zero-order valence-electron chi connectivity index (χ0n) is 14.7. The van der Waals surface area contributed by atoms with Crippen LogP contribution in [0.3, 0.4) is 0 Å². The van der Waals surface area contributed by atoms with Gasteiger partial charge >= 0.3 is 0 Å². The Kier molecular flexibility index (Phi) is 5.53. The van der Waals surface area contributed by atoms with E-state index in [2.05, 4.69) is 17.2 Å². The molecule has 6 nitrogen and oxygen atoms in total. The smallest absolute Gasteiger partial charge is 0.291 e. The van der Waals surface area contributed by atoms with Crippen LogP contribution in [-0.4, -0.2) is 28.7 Å². The van der Waals surface area contributed by atoms with Gasteiger partial charge in [-0.15, -0.1) is 22.7 Å². The molecule has 8 heteroatoms. The maximum absolute atomic E-state index is 12.8. The number of hydrogen-bond acceptors (Lipinski definition) is 6. The standard InChI is InChI=1S/C18H19N3O3S2/c1-4-14-19-12(10-25-14)9-21(3)18(23)16-11(2)8-15(26-16)20-17(22)13-6-5-7-24-13/h5-8,10H,4,9H2,1-3H3,(H,20,22). The molecule has 0 aliphatic rings. The molecule has 0 bridgehead atoms. The van der Waals surface area contributed by atoms with Crippen LogP contribution >= 0.6 is 22.7 Å². The van der Waals surface area contributed by atoms with Crippen LogP contribution < -0.4 is 5.32 Å². The van der Waals surface area contributed by atoms with Gasteiger partial charge < -0.3 is 14.6 Å². The van der Waals surface area contributed by atoms with Crippen molar-refractivity contribution in [3.8, 4) is 0 Å². The zero-order chi connectivity index (χ0) is 18.7. The zero-order valence-corrected chi connectivity index (χ0v) is 16.4. The van der Waals surface area contributed by atoms with Crippen molar-refractivity contribution >= 4 is 39.5 Å². The molecule has 0 aromatic carbocycles. The third-order valence-corrected chi connectivity index (χ3v) is 5.92. The van der Waals surface area contributed by atoms with E-state index in [0.29, 0.717) is 16.4 Å². The Morgan fingerprint density at radius 1 is 1.38 bits per heavy atom. The summed E-state index contributed by atoms with van der Waals surface area (Å²) in [4.78, 5) is 31.6. The molecule has 0 saturated heterocycles. The lowest BCUT2D eigenvalue weighted by atomic mass is 10.2.